The van der Waals surface area contributed by atoms with Crippen molar-refractivity contribution < 1.29 is 9.47 Å². The van der Waals surface area contributed by atoms with Crippen LogP contribution in [0, 0.1) is 17.8 Å². The molecule has 0 aliphatic heterocycles. The third-order valence-corrected chi connectivity index (χ3v) is 2.35. The second-order valence-electron chi connectivity index (χ2n) is 4.44. The van der Waals surface area contributed by atoms with Crippen molar-refractivity contribution in [2.45, 2.75) is 20.5 Å². The topological polar surface area (TPSA) is 44.5 Å². The highest BCUT2D eigenvalue weighted by Crippen LogP contribution is 2.18. The third kappa shape index (κ3) is 4.79. The maximum atomic E-state index is 5.65. The van der Waals surface area contributed by atoms with Crippen LogP contribution in [0.2, 0.25) is 0 Å². The molecule has 1 aromatic rings. The summed E-state index contributed by atoms with van der Waals surface area (Å²) in [7, 11) is 1.65. The minimum absolute atomic E-state index is 0.359. The fourth-order valence-electron chi connectivity index (χ4n) is 1.49. The van der Waals surface area contributed by atoms with E-state index in [1.165, 1.54) is 0 Å². The van der Waals surface area contributed by atoms with Crippen molar-refractivity contribution in [1.29, 1.82) is 0 Å². The molecule has 98 valence electrons. The van der Waals surface area contributed by atoms with E-state index < -0.39 is 0 Å². The highest BCUT2D eigenvalue weighted by molar-refractivity contribution is 5.45. The largest absolute Gasteiger partial charge is 0.497 e. The van der Waals surface area contributed by atoms with Gasteiger partial charge in [-0.2, -0.15) is 0 Å². The van der Waals surface area contributed by atoms with E-state index in [4.69, 9.17) is 15.2 Å². The standard InChI is InChI=1S/C15H21NO2/c1-12(2)10-18-11-14-9-15(17-3)7-6-13(14)5-4-8-16/h6-7,9,12H,8,10-11,16H2,1-3H3. The zero-order valence-electron chi connectivity index (χ0n) is 11.3. The van der Waals surface area contributed by atoms with Gasteiger partial charge in [-0.05, 0) is 29.7 Å². The maximum absolute atomic E-state index is 5.65. The van der Waals surface area contributed by atoms with Crippen LogP contribution in [0.5, 0.6) is 5.75 Å². The average molecular weight is 247 g/mol. The summed E-state index contributed by atoms with van der Waals surface area (Å²) in [6, 6.07) is 5.79. The van der Waals surface area contributed by atoms with Gasteiger partial charge in [0.1, 0.15) is 5.75 Å². The van der Waals surface area contributed by atoms with Crippen LogP contribution in [0.15, 0.2) is 18.2 Å². The number of nitrogens with two attached hydrogens (primary N) is 1. The maximum Gasteiger partial charge on any atom is 0.119 e. The third-order valence-electron chi connectivity index (χ3n) is 2.35. The van der Waals surface area contributed by atoms with Crippen LogP contribution in [-0.2, 0) is 11.3 Å². The van der Waals surface area contributed by atoms with Gasteiger partial charge >= 0.3 is 0 Å². The molecule has 18 heavy (non-hydrogen) atoms. The molecule has 0 aliphatic carbocycles. The van der Waals surface area contributed by atoms with Gasteiger partial charge in [0.05, 0.1) is 20.3 Å². The first-order valence-electron chi connectivity index (χ1n) is 6.11. The van der Waals surface area contributed by atoms with Crippen molar-refractivity contribution >= 4 is 0 Å². The number of hydrogen-bond donors (Lipinski definition) is 1. The number of methoxy groups -OCH3 is 1. The van der Waals surface area contributed by atoms with Gasteiger partial charge in [-0.25, -0.2) is 0 Å². The van der Waals surface area contributed by atoms with Crippen molar-refractivity contribution in [2.75, 3.05) is 20.3 Å². The molecule has 3 heteroatoms. The lowest BCUT2D eigenvalue weighted by molar-refractivity contribution is 0.0968. The minimum atomic E-state index is 0.359. The summed E-state index contributed by atoms with van der Waals surface area (Å²) < 4.78 is 10.9. The Hall–Kier alpha value is -1.50. The van der Waals surface area contributed by atoms with Gasteiger partial charge in [-0.15, -0.1) is 0 Å². The highest BCUT2D eigenvalue weighted by atomic mass is 16.5. The van der Waals surface area contributed by atoms with Crippen LogP contribution in [0.1, 0.15) is 25.0 Å². The SMILES string of the molecule is COc1ccc(C#CCN)c(COCC(C)C)c1. The van der Waals surface area contributed by atoms with Gasteiger partial charge in [0.2, 0.25) is 0 Å². The predicted molar refractivity (Wildman–Crippen MR) is 73.4 cm³/mol. The summed E-state index contributed by atoms with van der Waals surface area (Å²) in [6.07, 6.45) is 0. The second-order valence-corrected chi connectivity index (χ2v) is 4.44. The monoisotopic (exact) mass is 247 g/mol. The molecule has 0 saturated carbocycles. The molecule has 0 radical (unpaired) electrons. The number of ether oxygens (including phenoxy) is 2. The van der Waals surface area contributed by atoms with Crippen molar-refractivity contribution in [3.63, 3.8) is 0 Å². The van der Waals surface area contributed by atoms with Crippen LogP contribution in [-0.4, -0.2) is 20.3 Å². The summed E-state index contributed by atoms with van der Waals surface area (Å²) in [5.41, 5.74) is 7.38. The molecule has 3 nitrogen and oxygen atoms in total. The van der Waals surface area contributed by atoms with E-state index >= 15 is 0 Å². The molecule has 0 amide bonds. The zero-order chi connectivity index (χ0) is 13.4. The van der Waals surface area contributed by atoms with E-state index in [0.717, 1.165) is 23.5 Å². The Morgan fingerprint density at radius 3 is 2.72 bits per heavy atom. The first-order chi connectivity index (χ1) is 8.67. The van der Waals surface area contributed by atoms with Gasteiger partial charge in [-0.3, -0.25) is 0 Å². The van der Waals surface area contributed by atoms with Gasteiger partial charge in [-0.1, -0.05) is 25.7 Å². The summed E-state index contributed by atoms with van der Waals surface area (Å²) in [4.78, 5) is 0. The smallest absolute Gasteiger partial charge is 0.119 e. The van der Waals surface area contributed by atoms with E-state index in [2.05, 4.69) is 25.7 Å². The Morgan fingerprint density at radius 1 is 1.33 bits per heavy atom. The molecule has 0 atom stereocenters. The van der Waals surface area contributed by atoms with E-state index in [0.29, 0.717) is 19.1 Å². The Kier molecular flexibility index (Phi) is 6.27. The molecule has 1 aromatic carbocycles. The van der Waals surface area contributed by atoms with Crippen molar-refractivity contribution in [2.24, 2.45) is 11.7 Å². The molecule has 0 aromatic heterocycles. The van der Waals surface area contributed by atoms with E-state index in [1.807, 2.05) is 18.2 Å². The molecular formula is C15H21NO2. The van der Waals surface area contributed by atoms with Gasteiger partial charge < -0.3 is 15.2 Å². The Balaban J connectivity index is 2.82. The predicted octanol–water partition coefficient (Wildman–Crippen LogP) is 2.18. The first-order valence-corrected chi connectivity index (χ1v) is 6.11. The van der Waals surface area contributed by atoms with E-state index in [-0.39, 0.29) is 0 Å². The summed E-state index contributed by atoms with van der Waals surface area (Å²) in [5, 5.41) is 0. The van der Waals surface area contributed by atoms with E-state index in [9.17, 15) is 0 Å². The molecule has 0 heterocycles. The molecular weight excluding hydrogens is 226 g/mol. The quantitative estimate of drug-likeness (QED) is 0.811. The van der Waals surface area contributed by atoms with Crippen molar-refractivity contribution in [3.05, 3.63) is 29.3 Å². The van der Waals surface area contributed by atoms with Crippen LogP contribution in [0.25, 0.3) is 0 Å². The molecule has 0 unspecified atom stereocenters. The zero-order valence-corrected chi connectivity index (χ0v) is 11.3. The minimum Gasteiger partial charge on any atom is -0.497 e. The highest BCUT2D eigenvalue weighted by Gasteiger charge is 2.04. The fraction of sp³-hybridized carbons (Fsp3) is 0.467. The molecule has 0 fully saturated rings. The Bertz CT molecular complexity index is 430. The van der Waals surface area contributed by atoms with Gasteiger partial charge in [0, 0.05) is 12.2 Å². The molecule has 1 rings (SSSR count). The van der Waals surface area contributed by atoms with Crippen molar-refractivity contribution in [3.8, 4) is 17.6 Å². The lowest BCUT2D eigenvalue weighted by Crippen LogP contribution is -2.03. The van der Waals surface area contributed by atoms with Crippen LogP contribution < -0.4 is 10.5 Å². The Morgan fingerprint density at radius 2 is 2.11 bits per heavy atom. The van der Waals surface area contributed by atoms with Crippen molar-refractivity contribution in [1.82, 2.24) is 0 Å². The van der Waals surface area contributed by atoms with Gasteiger partial charge in [0.15, 0.2) is 0 Å². The molecule has 0 aliphatic rings. The fourth-order valence-corrected chi connectivity index (χ4v) is 1.49. The number of benzene rings is 1. The van der Waals surface area contributed by atoms with E-state index in [1.54, 1.807) is 7.11 Å². The van der Waals surface area contributed by atoms with Crippen LogP contribution in [0.4, 0.5) is 0 Å². The van der Waals surface area contributed by atoms with Gasteiger partial charge in [0.25, 0.3) is 0 Å². The first kappa shape index (κ1) is 14.6. The average Bonchev–Trinajstić information content (AvgIpc) is 2.36. The summed E-state index contributed by atoms with van der Waals surface area (Å²) in [5.74, 6) is 7.25. The lowest BCUT2D eigenvalue weighted by Gasteiger charge is -2.10. The molecule has 0 saturated heterocycles. The second kappa shape index (κ2) is 7.75. The molecule has 0 spiro atoms. The molecule has 0 bridgehead atoms. The van der Waals surface area contributed by atoms with Crippen LogP contribution in [0.3, 0.4) is 0 Å². The number of hydrogen-bond acceptors (Lipinski definition) is 3. The lowest BCUT2D eigenvalue weighted by atomic mass is 10.1. The summed E-state index contributed by atoms with van der Waals surface area (Å²) in [6.45, 7) is 5.89. The molecule has 2 N–H and O–H groups in total. The Labute approximate surface area is 109 Å². The number of rotatable bonds is 5. The van der Waals surface area contributed by atoms with Crippen LogP contribution >= 0.6 is 0 Å². The normalized spacial score (nSPS) is 10.1. The summed E-state index contributed by atoms with van der Waals surface area (Å²) >= 11 is 0.